The van der Waals surface area contributed by atoms with Crippen LogP contribution in [0.4, 0.5) is 0 Å². The molecule has 2 fully saturated rings. The summed E-state index contributed by atoms with van der Waals surface area (Å²) in [5, 5.41) is -0.143. The van der Waals surface area contributed by atoms with Crippen LogP contribution in [0, 0.1) is 0 Å². The van der Waals surface area contributed by atoms with E-state index in [4.69, 9.17) is 18.0 Å². The predicted octanol–water partition coefficient (Wildman–Crippen LogP) is 0.246. The summed E-state index contributed by atoms with van der Waals surface area (Å²) < 4.78 is 23.5. The van der Waals surface area contributed by atoms with Crippen LogP contribution in [0.1, 0.15) is 25.7 Å². The Bertz CT molecular complexity index is 445. The van der Waals surface area contributed by atoms with Crippen molar-refractivity contribution in [1.82, 2.24) is 9.80 Å². The van der Waals surface area contributed by atoms with E-state index >= 15 is 0 Å². The van der Waals surface area contributed by atoms with Crippen LogP contribution in [0.15, 0.2) is 0 Å². The normalized spacial score (nSPS) is 30.2. The molecule has 1 aliphatic heterocycles. The SMILES string of the molecule is CS(=O)(=O)C1CCCC(N2CCN(CC(N)=S)CC2)C1. The Balaban J connectivity index is 1.86. The number of rotatable bonds is 4. The summed E-state index contributed by atoms with van der Waals surface area (Å²) >= 11 is 4.94. The third-order valence-corrected chi connectivity index (χ3v) is 6.27. The number of nitrogens with zero attached hydrogens (tertiary/aromatic N) is 2. The van der Waals surface area contributed by atoms with Crippen molar-refractivity contribution in [2.75, 3.05) is 39.0 Å². The van der Waals surface area contributed by atoms with Crippen LogP contribution >= 0.6 is 12.2 Å². The first-order chi connectivity index (χ1) is 9.36. The molecule has 0 amide bonds. The fraction of sp³-hybridized carbons (Fsp3) is 0.923. The molecule has 7 heteroatoms. The average molecular weight is 319 g/mol. The molecule has 1 saturated heterocycles. The molecule has 5 nitrogen and oxygen atoms in total. The van der Waals surface area contributed by atoms with E-state index in [1.54, 1.807) is 0 Å². The molecule has 20 heavy (non-hydrogen) atoms. The van der Waals surface area contributed by atoms with E-state index in [0.29, 0.717) is 17.6 Å². The zero-order chi connectivity index (χ0) is 14.8. The lowest BCUT2D eigenvalue weighted by atomic mass is 9.93. The third-order valence-electron chi connectivity index (χ3n) is 4.51. The minimum absolute atomic E-state index is 0.143. The molecule has 2 unspecified atom stereocenters. The van der Waals surface area contributed by atoms with Crippen LogP contribution < -0.4 is 5.73 Å². The van der Waals surface area contributed by atoms with Gasteiger partial charge in [-0.25, -0.2) is 8.42 Å². The van der Waals surface area contributed by atoms with Crippen LogP contribution in [-0.2, 0) is 9.84 Å². The van der Waals surface area contributed by atoms with E-state index in [0.717, 1.165) is 51.9 Å². The van der Waals surface area contributed by atoms with Gasteiger partial charge in [0.15, 0.2) is 0 Å². The molecule has 2 atom stereocenters. The van der Waals surface area contributed by atoms with Crippen molar-refractivity contribution in [3.63, 3.8) is 0 Å². The van der Waals surface area contributed by atoms with Crippen molar-refractivity contribution in [3.05, 3.63) is 0 Å². The number of thiocarbonyl (C=S) groups is 1. The quantitative estimate of drug-likeness (QED) is 0.749. The Hall–Kier alpha value is -0.240. The summed E-state index contributed by atoms with van der Waals surface area (Å²) in [4.78, 5) is 5.27. The lowest BCUT2D eigenvalue weighted by Gasteiger charge is -2.42. The summed E-state index contributed by atoms with van der Waals surface area (Å²) in [5.74, 6) is 0. The fourth-order valence-electron chi connectivity index (χ4n) is 3.35. The minimum atomic E-state index is -2.89. The Kier molecular flexibility index (Phi) is 5.39. The van der Waals surface area contributed by atoms with Gasteiger partial charge in [-0.3, -0.25) is 9.80 Å². The van der Waals surface area contributed by atoms with Gasteiger partial charge in [0, 0.05) is 45.0 Å². The van der Waals surface area contributed by atoms with Crippen molar-refractivity contribution < 1.29 is 8.42 Å². The largest absolute Gasteiger partial charge is 0.392 e. The third kappa shape index (κ3) is 4.38. The first kappa shape index (κ1) is 16.1. The maximum absolute atomic E-state index is 11.7. The molecule has 2 rings (SSSR count). The number of nitrogens with two attached hydrogens (primary N) is 1. The Labute approximate surface area is 127 Å². The van der Waals surface area contributed by atoms with Crippen molar-refractivity contribution in [3.8, 4) is 0 Å². The van der Waals surface area contributed by atoms with E-state index in [1.807, 2.05) is 0 Å². The molecule has 0 aromatic heterocycles. The van der Waals surface area contributed by atoms with Crippen LogP contribution in [0.5, 0.6) is 0 Å². The molecule has 1 saturated carbocycles. The zero-order valence-corrected chi connectivity index (χ0v) is 13.8. The second-order valence-electron chi connectivity index (χ2n) is 6.05. The highest BCUT2D eigenvalue weighted by molar-refractivity contribution is 7.91. The molecule has 2 aliphatic rings. The predicted molar refractivity (Wildman–Crippen MR) is 85.7 cm³/mol. The topological polar surface area (TPSA) is 66.6 Å². The Morgan fingerprint density at radius 2 is 1.90 bits per heavy atom. The molecule has 0 aromatic rings. The van der Waals surface area contributed by atoms with Gasteiger partial charge in [0.25, 0.3) is 0 Å². The lowest BCUT2D eigenvalue weighted by molar-refractivity contribution is 0.0873. The number of hydrogen-bond acceptors (Lipinski definition) is 5. The van der Waals surface area contributed by atoms with Crippen LogP contribution in [0.2, 0.25) is 0 Å². The molecule has 116 valence electrons. The Morgan fingerprint density at radius 3 is 2.45 bits per heavy atom. The smallest absolute Gasteiger partial charge is 0.150 e. The van der Waals surface area contributed by atoms with Gasteiger partial charge >= 0.3 is 0 Å². The molecule has 0 spiro atoms. The van der Waals surface area contributed by atoms with Crippen molar-refractivity contribution >= 4 is 27.0 Å². The summed E-state index contributed by atoms with van der Waals surface area (Å²) in [6.45, 7) is 4.61. The van der Waals surface area contributed by atoms with Gasteiger partial charge in [-0.2, -0.15) is 0 Å². The van der Waals surface area contributed by atoms with E-state index in [2.05, 4.69) is 9.80 Å². The van der Waals surface area contributed by atoms with Crippen molar-refractivity contribution in [2.24, 2.45) is 5.73 Å². The molecular formula is C13H25N3O2S2. The van der Waals surface area contributed by atoms with E-state index in [1.165, 1.54) is 6.26 Å². The minimum Gasteiger partial charge on any atom is -0.392 e. The van der Waals surface area contributed by atoms with Gasteiger partial charge in [0.2, 0.25) is 0 Å². The van der Waals surface area contributed by atoms with E-state index < -0.39 is 9.84 Å². The highest BCUT2D eigenvalue weighted by Gasteiger charge is 2.33. The summed E-state index contributed by atoms with van der Waals surface area (Å²) in [5.41, 5.74) is 5.58. The van der Waals surface area contributed by atoms with Gasteiger partial charge in [0.05, 0.1) is 10.2 Å². The number of piperazine rings is 1. The van der Waals surface area contributed by atoms with Gasteiger partial charge in [-0.15, -0.1) is 0 Å². The molecule has 2 N–H and O–H groups in total. The van der Waals surface area contributed by atoms with Gasteiger partial charge in [0.1, 0.15) is 9.84 Å². The highest BCUT2D eigenvalue weighted by atomic mass is 32.2. The van der Waals surface area contributed by atoms with Gasteiger partial charge in [-0.1, -0.05) is 18.6 Å². The maximum atomic E-state index is 11.7. The molecule has 0 bridgehead atoms. The first-order valence-corrected chi connectivity index (χ1v) is 9.66. The second-order valence-corrected chi connectivity index (χ2v) is 8.90. The molecule has 0 radical (unpaired) electrons. The second kappa shape index (κ2) is 6.68. The fourth-order valence-corrected chi connectivity index (χ4v) is 4.70. The molecular weight excluding hydrogens is 294 g/mol. The lowest BCUT2D eigenvalue weighted by Crippen LogP contribution is -2.53. The van der Waals surface area contributed by atoms with Crippen molar-refractivity contribution in [1.29, 1.82) is 0 Å². The summed E-state index contributed by atoms with van der Waals surface area (Å²) in [7, 11) is -2.89. The van der Waals surface area contributed by atoms with Crippen molar-refractivity contribution in [2.45, 2.75) is 37.0 Å². The number of sulfone groups is 1. The molecule has 0 aromatic carbocycles. The average Bonchev–Trinajstić information content (AvgIpc) is 2.38. The van der Waals surface area contributed by atoms with Gasteiger partial charge in [-0.05, 0) is 19.3 Å². The summed E-state index contributed by atoms with van der Waals surface area (Å²) in [6.07, 6.45) is 5.15. The molecule has 1 aliphatic carbocycles. The zero-order valence-electron chi connectivity index (χ0n) is 12.1. The molecule has 1 heterocycles. The summed E-state index contributed by atoms with van der Waals surface area (Å²) in [6, 6.07) is 0.426. The van der Waals surface area contributed by atoms with Gasteiger partial charge < -0.3 is 5.73 Å². The maximum Gasteiger partial charge on any atom is 0.150 e. The monoisotopic (exact) mass is 319 g/mol. The first-order valence-electron chi connectivity index (χ1n) is 7.30. The van der Waals surface area contributed by atoms with E-state index in [9.17, 15) is 8.42 Å². The van der Waals surface area contributed by atoms with Crippen LogP contribution in [0.3, 0.4) is 0 Å². The number of hydrogen-bond donors (Lipinski definition) is 1. The van der Waals surface area contributed by atoms with Crippen LogP contribution in [0.25, 0.3) is 0 Å². The highest BCUT2D eigenvalue weighted by Crippen LogP contribution is 2.27. The van der Waals surface area contributed by atoms with E-state index in [-0.39, 0.29) is 5.25 Å². The Morgan fingerprint density at radius 1 is 1.25 bits per heavy atom. The standard InChI is InChI=1S/C13H25N3O2S2/c1-20(17,18)12-4-2-3-11(9-12)16-7-5-15(6-8-16)10-13(14)19/h11-12H,2-10H2,1H3,(H2,14,19). The van der Waals surface area contributed by atoms with Crippen LogP contribution in [-0.4, -0.2) is 73.5 Å².